The molecule has 15 heavy (non-hydrogen) atoms. The van der Waals surface area contributed by atoms with Crippen LogP contribution in [0.25, 0.3) is 0 Å². The predicted octanol–water partition coefficient (Wildman–Crippen LogP) is 3.08. The number of rotatable bonds is 4. The molecule has 0 atom stereocenters. The van der Waals surface area contributed by atoms with E-state index in [1.165, 1.54) is 0 Å². The Morgan fingerprint density at radius 1 is 1.20 bits per heavy atom. The molecule has 0 heterocycles. The summed E-state index contributed by atoms with van der Waals surface area (Å²) in [4.78, 5) is 0. The molecule has 0 unspecified atom stereocenters. The molecule has 0 aliphatic heterocycles. The average molecular weight is 213 g/mol. The van der Waals surface area contributed by atoms with Crippen molar-refractivity contribution in [1.82, 2.24) is 0 Å². The lowest BCUT2D eigenvalue weighted by atomic mass is 9.94. The normalized spacial score (nSPS) is 12.1. The highest BCUT2D eigenvalue weighted by Crippen LogP contribution is 2.18. The first-order chi connectivity index (χ1) is 6.89. The van der Waals surface area contributed by atoms with Crippen LogP contribution in [-0.2, 0) is 12.0 Å². The summed E-state index contributed by atoms with van der Waals surface area (Å²) in [6.07, 6.45) is -1.88. The maximum absolute atomic E-state index is 12.0. The molecule has 0 radical (unpaired) electrons. The zero-order valence-corrected chi connectivity index (χ0v) is 9.13. The van der Waals surface area contributed by atoms with E-state index in [1.807, 2.05) is 38.1 Å². The first-order valence-corrected chi connectivity index (χ1v) is 5.06. The van der Waals surface area contributed by atoms with Crippen molar-refractivity contribution in [3.8, 4) is 0 Å². The maximum atomic E-state index is 12.0. The Balaban J connectivity index is 2.65. The lowest BCUT2D eigenvalue weighted by Gasteiger charge is -2.19. The standard InChI is InChI=1S/C12H17F2N/c1-12(2,15)10-6-3-9(4-7-10)5-8-11(13)14/h3-4,6-7,11H,5,8,15H2,1-2H3. The third-order valence-electron chi connectivity index (χ3n) is 2.35. The third-order valence-corrected chi connectivity index (χ3v) is 2.35. The summed E-state index contributed by atoms with van der Waals surface area (Å²) in [5.41, 5.74) is 7.49. The van der Waals surface area contributed by atoms with E-state index in [2.05, 4.69) is 0 Å². The van der Waals surface area contributed by atoms with Gasteiger partial charge in [-0.25, -0.2) is 8.78 Å². The Morgan fingerprint density at radius 2 is 1.73 bits per heavy atom. The molecule has 84 valence electrons. The summed E-state index contributed by atoms with van der Waals surface area (Å²) >= 11 is 0. The van der Waals surface area contributed by atoms with Crippen LogP contribution in [0.4, 0.5) is 8.78 Å². The molecule has 0 aromatic heterocycles. The van der Waals surface area contributed by atoms with Crippen molar-refractivity contribution in [2.75, 3.05) is 0 Å². The fourth-order valence-electron chi connectivity index (χ4n) is 1.38. The first-order valence-electron chi connectivity index (χ1n) is 5.06. The maximum Gasteiger partial charge on any atom is 0.239 e. The lowest BCUT2D eigenvalue weighted by Crippen LogP contribution is -2.28. The Morgan fingerprint density at radius 3 is 2.13 bits per heavy atom. The first kappa shape index (κ1) is 12.1. The molecule has 0 amide bonds. The zero-order valence-electron chi connectivity index (χ0n) is 9.13. The number of hydrogen-bond acceptors (Lipinski definition) is 1. The highest BCUT2D eigenvalue weighted by Gasteiger charge is 2.13. The van der Waals surface area contributed by atoms with Gasteiger partial charge in [-0.05, 0) is 31.4 Å². The molecule has 0 bridgehead atoms. The fourth-order valence-corrected chi connectivity index (χ4v) is 1.38. The van der Waals surface area contributed by atoms with Crippen molar-refractivity contribution in [1.29, 1.82) is 0 Å². The topological polar surface area (TPSA) is 26.0 Å². The van der Waals surface area contributed by atoms with Gasteiger partial charge in [0, 0.05) is 12.0 Å². The monoisotopic (exact) mass is 213 g/mol. The molecule has 0 saturated carbocycles. The molecule has 0 aliphatic carbocycles. The number of aryl methyl sites for hydroxylation is 1. The van der Waals surface area contributed by atoms with Crippen LogP contribution in [-0.4, -0.2) is 6.43 Å². The zero-order chi connectivity index (χ0) is 11.5. The number of nitrogens with two attached hydrogens (primary N) is 1. The summed E-state index contributed by atoms with van der Waals surface area (Å²) in [5, 5.41) is 0. The van der Waals surface area contributed by atoms with Gasteiger partial charge < -0.3 is 5.73 Å². The Hall–Kier alpha value is -0.960. The minimum Gasteiger partial charge on any atom is -0.322 e. The van der Waals surface area contributed by atoms with Gasteiger partial charge in [0.25, 0.3) is 0 Å². The molecule has 1 nitrogen and oxygen atoms in total. The van der Waals surface area contributed by atoms with E-state index in [4.69, 9.17) is 5.73 Å². The van der Waals surface area contributed by atoms with Gasteiger partial charge in [0.2, 0.25) is 6.43 Å². The largest absolute Gasteiger partial charge is 0.322 e. The van der Waals surface area contributed by atoms with Crippen LogP contribution in [0, 0.1) is 0 Å². The molecule has 2 N–H and O–H groups in total. The van der Waals surface area contributed by atoms with Crippen LogP contribution in [0.1, 0.15) is 31.4 Å². The Kier molecular flexibility index (Phi) is 3.80. The molecule has 1 rings (SSSR count). The molecule has 0 saturated heterocycles. The van der Waals surface area contributed by atoms with E-state index in [1.54, 1.807) is 0 Å². The van der Waals surface area contributed by atoms with Gasteiger partial charge in [-0.15, -0.1) is 0 Å². The molecule has 0 spiro atoms. The predicted molar refractivity (Wildman–Crippen MR) is 58.0 cm³/mol. The molecule has 0 fully saturated rings. The lowest BCUT2D eigenvalue weighted by molar-refractivity contribution is 0.138. The smallest absolute Gasteiger partial charge is 0.239 e. The van der Waals surface area contributed by atoms with E-state index in [0.29, 0.717) is 6.42 Å². The second-order valence-electron chi connectivity index (χ2n) is 4.35. The summed E-state index contributed by atoms with van der Waals surface area (Å²) < 4.78 is 23.9. The quantitative estimate of drug-likeness (QED) is 0.817. The number of halogens is 2. The van der Waals surface area contributed by atoms with Crippen molar-refractivity contribution >= 4 is 0 Å². The van der Waals surface area contributed by atoms with E-state index in [0.717, 1.165) is 11.1 Å². The second-order valence-corrected chi connectivity index (χ2v) is 4.35. The van der Waals surface area contributed by atoms with E-state index >= 15 is 0 Å². The van der Waals surface area contributed by atoms with E-state index < -0.39 is 6.43 Å². The van der Waals surface area contributed by atoms with Crippen LogP contribution >= 0.6 is 0 Å². The van der Waals surface area contributed by atoms with Crippen LogP contribution in [0.3, 0.4) is 0 Å². The number of benzene rings is 1. The van der Waals surface area contributed by atoms with Crippen molar-refractivity contribution < 1.29 is 8.78 Å². The van der Waals surface area contributed by atoms with Crippen LogP contribution in [0.15, 0.2) is 24.3 Å². The van der Waals surface area contributed by atoms with Crippen molar-refractivity contribution in [3.05, 3.63) is 35.4 Å². The second kappa shape index (κ2) is 4.71. The van der Waals surface area contributed by atoms with Crippen molar-refractivity contribution in [3.63, 3.8) is 0 Å². The van der Waals surface area contributed by atoms with E-state index in [-0.39, 0.29) is 12.0 Å². The van der Waals surface area contributed by atoms with Gasteiger partial charge in [0.15, 0.2) is 0 Å². The van der Waals surface area contributed by atoms with Gasteiger partial charge >= 0.3 is 0 Å². The minimum absolute atomic E-state index is 0.0780. The highest BCUT2D eigenvalue weighted by molar-refractivity contribution is 5.27. The van der Waals surface area contributed by atoms with Gasteiger partial charge in [0.05, 0.1) is 0 Å². The molecular weight excluding hydrogens is 196 g/mol. The minimum atomic E-state index is -2.23. The summed E-state index contributed by atoms with van der Waals surface area (Å²) in [6, 6.07) is 7.54. The highest BCUT2D eigenvalue weighted by atomic mass is 19.3. The summed E-state index contributed by atoms with van der Waals surface area (Å²) in [5.74, 6) is 0. The Labute approximate surface area is 89.3 Å². The van der Waals surface area contributed by atoms with Crippen molar-refractivity contribution in [2.24, 2.45) is 5.73 Å². The number of hydrogen-bond donors (Lipinski definition) is 1. The molecule has 3 heteroatoms. The van der Waals surface area contributed by atoms with Gasteiger partial charge in [-0.3, -0.25) is 0 Å². The van der Waals surface area contributed by atoms with Crippen LogP contribution in [0.5, 0.6) is 0 Å². The molecule has 0 aliphatic rings. The van der Waals surface area contributed by atoms with Crippen molar-refractivity contribution in [2.45, 2.75) is 38.7 Å². The summed E-state index contributed by atoms with van der Waals surface area (Å²) in [7, 11) is 0. The fraction of sp³-hybridized carbons (Fsp3) is 0.500. The SMILES string of the molecule is CC(C)(N)c1ccc(CCC(F)F)cc1. The summed E-state index contributed by atoms with van der Waals surface area (Å²) in [6.45, 7) is 3.84. The van der Waals surface area contributed by atoms with Gasteiger partial charge in [0.1, 0.15) is 0 Å². The van der Waals surface area contributed by atoms with Gasteiger partial charge in [-0.1, -0.05) is 24.3 Å². The van der Waals surface area contributed by atoms with Crippen LogP contribution in [0.2, 0.25) is 0 Å². The van der Waals surface area contributed by atoms with Crippen LogP contribution < -0.4 is 5.73 Å². The van der Waals surface area contributed by atoms with Gasteiger partial charge in [-0.2, -0.15) is 0 Å². The molecule has 1 aromatic carbocycles. The molecular formula is C12H17F2N. The third kappa shape index (κ3) is 3.96. The number of alkyl halides is 2. The van der Waals surface area contributed by atoms with E-state index in [9.17, 15) is 8.78 Å². The average Bonchev–Trinajstić information content (AvgIpc) is 2.14. The Bertz CT molecular complexity index is 298. The molecule has 1 aromatic rings.